The van der Waals surface area contributed by atoms with Crippen molar-refractivity contribution in [1.29, 1.82) is 0 Å². The first-order valence-electron chi connectivity index (χ1n) is 6.43. The van der Waals surface area contributed by atoms with Crippen LogP contribution in [0.5, 0.6) is 5.88 Å². The molecule has 0 spiro atoms. The largest absolute Gasteiger partial charge is 0.511 e. The number of carbonyl (C=O) groups is 1. The third-order valence-corrected chi connectivity index (χ3v) is 4.96. The number of hydrogen-bond donors (Lipinski definition) is 1. The zero-order chi connectivity index (χ0) is 19.5. The number of terminal acetylenes is 1. The van der Waals surface area contributed by atoms with Gasteiger partial charge in [0.25, 0.3) is 5.91 Å². The fourth-order valence-electron chi connectivity index (χ4n) is 1.67. The standard InChI is InChI=1S/C13H13ClF3N3O4S/c1-3-7-20(25(22,23)13(15,16)17)12(2,14)8-24-11-9(10(18)21)5-4-6-19-11/h1,4-6H,7-8H2,2H3,(H2,18,21)/t12-/m1/s1. The lowest BCUT2D eigenvalue weighted by Crippen LogP contribution is -2.53. The SMILES string of the molecule is C#CCN([C@@](C)(Cl)COc1ncccc1C(N)=O)S(=O)(=O)C(F)(F)F. The lowest BCUT2D eigenvalue weighted by Gasteiger charge is -2.33. The number of alkyl halides is 4. The highest BCUT2D eigenvalue weighted by atomic mass is 35.5. The van der Waals surface area contributed by atoms with Gasteiger partial charge in [0, 0.05) is 6.20 Å². The number of primary amides is 1. The van der Waals surface area contributed by atoms with Crippen LogP contribution in [0.2, 0.25) is 0 Å². The van der Waals surface area contributed by atoms with E-state index in [2.05, 4.69) is 4.98 Å². The summed E-state index contributed by atoms with van der Waals surface area (Å²) in [5.74, 6) is 0.584. The topological polar surface area (TPSA) is 103 Å². The molecular weight excluding hydrogens is 387 g/mol. The van der Waals surface area contributed by atoms with E-state index in [0.717, 1.165) is 6.92 Å². The molecule has 2 N–H and O–H groups in total. The van der Waals surface area contributed by atoms with Crippen molar-refractivity contribution in [1.82, 2.24) is 9.29 Å². The number of sulfonamides is 1. The number of amides is 1. The zero-order valence-corrected chi connectivity index (χ0v) is 14.3. The van der Waals surface area contributed by atoms with Crippen LogP contribution in [0.25, 0.3) is 0 Å². The molecule has 1 rings (SSSR count). The Morgan fingerprint density at radius 2 is 2.12 bits per heavy atom. The van der Waals surface area contributed by atoms with Crippen LogP contribution < -0.4 is 10.5 Å². The molecule has 0 unspecified atom stereocenters. The van der Waals surface area contributed by atoms with Crippen LogP contribution in [0.4, 0.5) is 13.2 Å². The van der Waals surface area contributed by atoms with Crippen molar-refractivity contribution in [3.63, 3.8) is 0 Å². The zero-order valence-electron chi connectivity index (χ0n) is 12.7. The number of nitrogens with zero attached hydrogens (tertiary/aromatic N) is 2. The van der Waals surface area contributed by atoms with Crippen molar-refractivity contribution >= 4 is 27.5 Å². The van der Waals surface area contributed by atoms with Gasteiger partial charge in [-0.25, -0.2) is 13.4 Å². The number of nitrogens with two attached hydrogens (primary N) is 1. The Labute approximate surface area is 147 Å². The van der Waals surface area contributed by atoms with E-state index in [9.17, 15) is 26.4 Å². The first-order chi connectivity index (χ1) is 11.3. The molecule has 0 aliphatic heterocycles. The van der Waals surface area contributed by atoms with Crippen molar-refractivity contribution in [2.24, 2.45) is 5.73 Å². The highest BCUT2D eigenvalue weighted by molar-refractivity contribution is 7.90. The Kier molecular flexibility index (Phi) is 6.28. The van der Waals surface area contributed by atoms with Gasteiger partial charge < -0.3 is 10.5 Å². The maximum Gasteiger partial charge on any atom is 0.511 e. The van der Waals surface area contributed by atoms with Crippen LogP contribution in [0, 0.1) is 12.3 Å². The number of aromatic nitrogens is 1. The number of ether oxygens (including phenoxy) is 1. The number of pyridine rings is 1. The van der Waals surface area contributed by atoms with E-state index >= 15 is 0 Å². The molecule has 0 bridgehead atoms. The van der Waals surface area contributed by atoms with E-state index < -0.39 is 39.6 Å². The number of carbonyl (C=O) groups excluding carboxylic acids is 1. The smallest absolute Gasteiger partial charge is 0.474 e. The van der Waals surface area contributed by atoms with E-state index in [-0.39, 0.29) is 15.7 Å². The van der Waals surface area contributed by atoms with Gasteiger partial charge in [-0.05, 0) is 19.1 Å². The molecule has 12 heteroatoms. The maximum atomic E-state index is 12.8. The molecule has 7 nitrogen and oxygen atoms in total. The Morgan fingerprint density at radius 1 is 1.52 bits per heavy atom. The molecule has 0 radical (unpaired) electrons. The molecule has 0 fully saturated rings. The minimum atomic E-state index is -5.82. The summed E-state index contributed by atoms with van der Waals surface area (Å²) in [6.07, 6.45) is 6.18. The van der Waals surface area contributed by atoms with Crippen molar-refractivity contribution < 1.29 is 31.1 Å². The second-order valence-electron chi connectivity index (χ2n) is 4.81. The Balaban J connectivity index is 3.14. The first kappa shape index (κ1) is 21.0. The average Bonchev–Trinajstić information content (AvgIpc) is 2.49. The van der Waals surface area contributed by atoms with Gasteiger partial charge in [-0.3, -0.25) is 4.79 Å². The van der Waals surface area contributed by atoms with Gasteiger partial charge in [0.2, 0.25) is 5.88 Å². The summed E-state index contributed by atoms with van der Waals surface area (Å²) >= 11 is 5.94. The Bertz CT molecular complexity index is 790. The lowest BCUT2D eigenvalue weighted by molar-refractivity contribution is -0.0506. The minimum Gasteiger partial charge on any atom is -0.474 e. The summed E-state index contributed by atoms with van der Waals surface area (Å²) in [6.45, 7) is -0.777. The average molecular weight is 400 g/mol. The monoisotopic (exact) mass is 399 g/mol. The first-order valence-corrected chi connectivity index (χ1v) is 8.25. The van der Waals surface area contributed by atoms with E-state index in [0.29, 0.717) is 0 Å². The Hall–Kier alpha value is -2.03. The predicted molar refractivity (Wildman–Crippen MR) is 83.0 cm³/mol. The molecule has 1 amide bonds. The molecule has 0 aromatic carbocycles. The van der Waals surface area contributed by atoms with E-state index in [4.69, 9.17) is 28.5 Å². The van der Waals surface area contributed by atoms with Gasteiger partial charge >= 0.3 is 15.5 Å². The Morgan fingerprint density at radius 3 is 2.60 bits per heavy atom. The lowest BCUT2D eigenvalue weighted by atomic mass is 10.2. The molecule has 138 valence electrons. The molecular formula is C13H13ClF3N3O4S. The summed E-state index contributed by atoms with van der Waals surface area (Å²) < 4.78 is 66.7. The summed E-state index contributed by atoms with van der Waals surface area (Å²) in [6, 6.07) is 2.65. The maximum absolute atomic E-state index is 12.8. The van der Waals surface area contributed by atoms with Crippen molar-refractivity contribution in [3.05, 3.63) is 23.9 Å². The van der Waals surface area contributed by atoms with E-state index in [1.807, 2.05) is 0 Å². The second-order valence-corrected chi connectivity index (χ2v) is 7.48. The minimum absolute atomic E-state index is 0.131. The van der Waals surface area contributed by atoms with Crippen LogP contribution in [-0.4, -0.2) is 47.3 Å². The molecule has 1 aromatic rings. The summed E-state index contributed by atoms with van der Waals surface area (Å²) in [5.41, 5.74) is -0.649. The highest BCUT2D eigenvalue weighted by Crippen LogP contribution is 2.34. The van der Waals surface area contributed by atoms with Gasteiger partial charge in [0.05, 0.1) is 6.54 Å². The molecule has 0 saturated carbocycles. The van der Waals surface area contributed by atoms with Crippen LogP contribution in [-0.2, 0) is 10.0 Å². The molecule has 1 atom stereocenters. The van der Waals surface area contributed by atoms with Crippen molar-refractivity contribution in [3.8, 4) is 18.2 Å². The summed E-state index contributed by atoms with van der Waals surface area (Å²) in [4.78, 5) is 12.8. The van der Waals surface area contributed by atoms with Gasteiger partial charge in [-0.15, -0.1) is 6.42 Å². The second kappa shape index (κ2) is 7.47. The molecule has 1 aromatic heterocycles. The van der Waals surface area contributed by atoms with E-state index in [1.165, 1.54) is 18.3 Å². The third-order valence-electron chi connectivity index (χ3n) is 2.85. The predicted octanol–water partition coefficient (Wildman–Crippen LogP) is 1.30. The molecule has 0 aliphatic rings. The highest BCUT2D eigenvalue weighted by Gasteiger charge is 2.54. The van der Waals surface area contributed by atoms with Crippen LogP contribution >= 0.6 is 11.6 Å². The molecule has 0 saturated heterocycles. The van der Waals surface area contributed by atoms with E-state index in [1.54, 1.807) is 5.92 Å². The molecule has 0 aliphatic carbocycles. The summed E-state index contributed by atoms with van der Waals surface area (Å²) in [7, 11) is -5.82. The number of hydrogen-bond acceptors (Lipinski definition) is 5. The van der Waals surface area contributed by atoms with Gasteiger partial charge in [0.1, 0.15) is 17.2 Å². The third kappa shape index (κ3) is 4.75. The van der Waals surface area contributed by atoms with Crippen molar-refractivity contribution in [2.45, 2.75) is 17.4 Å². The molecule has 25 heavy (non-hydrogen) atoms. The number of rotatable bonds is 7. The van der Waals surface area contributed by atoms with Crippen LogP contribution in [0.15, 0.2) is 18.3 Å². The van der Waals surface area contributed by atoms with Crippen LogP contribution in [0.3, 0.4) is 0 Å². The number of halogens is 4. The van der Waals surface area contributed by atoms with Crippen molar-refractivity contribution in [2.75, 3.05) is 13.2 Å². The fraction of sp³-hybridized carbons (Fsp3) is 0.385. The molecule has 1 heterocycles. The summed E-state index contributed by atoms with van der Waals surface area (Å²) in [5, 5.41) is 0. The quantitative estimate of drug-likeness (QED) is 0.423. The van der Waals surface area contributed by atoms with Gasteiger partial charge in [-0.2, -0.15) is 17.5 Å². The van der Waals surface area contributed by atoms with Gasteiger partial charge in [-0.1, -0.05) is 17.5 Å². The fourth-order valence-corrected chi connectivity index (χ4v) is 3.11. The normalized spacial score (nSPS) is 14.6. The van der Waals surface area contributed by atoms with Gasteiger partial charge in [0.15, 0.2) is 0 Å². The van der Waals surface area contributed by atoms with Crippen LogP contribution in [0.1, 0.15) is 17.3 Å².